The first-order valence-electron chi connectivity index (χ1n) is 9.21. The number of carbonyl (C=O) groups is 2. The van der Waals surface area contributed by atoms with E-state index in [0.717, 1.165) is 5.56 Å². The largest absolute Gasteiger partial charge is 0.466 e. The Morgan fingerprint density at radius 3 is 2.15 bits per heavy atom. The number of aliphatic hydroxyl groups excluding tert-OH is 1. The van der Waals surface area contributed by atoms with Crippen molar-refractivity contribution in [1.29, 1.82) is 0 Å². The van der Waals surface area contributed by atoms with Crippen LogP contribution in [-0.4, -0.2) is 30.1 Å². The first-order valence-corrected chi connectivity index (χ1v) is 9.21. The van der Waals surface area contributed by atoms with Crippen molar-refractivity contribution in [3.63, 3.8) is 0 Å². The topological polar surface area (TPSA) is 75.6 Å². The third-order valence-corrected chi connectivity index (χ3v) is 4.43. The van der Waals surface area contributed by atoms with E-state index in [0.29, 0.717) is 17.0 Å². The molecule has 27 heavy (non-hydrogen) atoms. The first-order chi connectivity index (χ1) is 12.9. The van der Waals surface area contributed by atoms with Gasteiger partial charge in [0.1, 0.15) is 5.92 Å². The second-order valence-electron chi connectivity index (χ2n) is 6.70. The van der Waals surface area contributed by atoms with Gasteiger partial charge in [0.25, 0.3) is 5.91 Å². The van der Waals surface area contributed by atoms with E-state index >= 15 is 0 Å². The van der Waals surface area contributed by atoms with Crippen LogP contribution in [0.3, 0.4) is 0 Å². The van der Waals surface area contributed by atoms with Gasteiger partial charge in [-0.3, -0.25) is 9.59 Å². The molecule has 0 saturated heterocycles. The molecule has 5 heteroatoms. The van der Waals surface area contributed by atoms with Crippen LogP contribution >= 0.6 is 0 Å². The highest BCUT2D eigenvalue weighted by molar-refractivity contribution is 5.94. The molecule has 0 bridgehead atoms. The van der Waals surface area contributed by atoms with Crippen molar-refractivity contribution in [2.24, 2.45) is 5.92 Å². The summed E-state index contributed by atoms with van der Waals surface area (Å²) in [6.45, 7) is 6.08. The third-order valence-electron chi connectivity index (χ3n) is 4.43. The Labute approximate surface area is 160 Å². The minimum atomic E-state index is -1.07. The summed E-state index contributed by atoms with van der Waals surface area (Å²) in [5.41, 5.74) is 2.26. The maximum Gasteiger partial charge on any atom is 0.313 e. The van der Waals surface area contributed by atoms with Crippen LogP contribution < -0.4 is 5.32 Å². The molecule has 0 saturated carbocycles. The van der Waals surface area contributed by atoms with Crippen LogP contribution in [0.5, 0.6) is 0 Å². The Balaban J connectivity index is 2.13. The van der Waals surface area contributed by atoms with Gasteiger partial charge in [-0.15, -0.1) is 0 Å². The van der Waals surface area contributed by atoms with E-state index in [1.165, 1.54) is 0 Å². The summed E-state index contributed by atoms with van der Waals surface area (Å²) in [6.07, 6.45) is -1.07. The van der Waals surface area contributed by atoms with Crippen LogP contribution in [0.15, 0.2) is 54.6 Å². The molecular formula is C22H27NO4. The van der Waals surface area contributed by atoms with Gasteiger partial charge in [0.15, 0.2) is 0 Å². The third kappa shape index (κ3) is 5.66. The summed E-state index contributed by atoms with van der Waals surface area (Å²) in [5, 5.41) is 13.5. The number of benzene rings is 2. The van der Waals surface area contributed by atoms with Crippen molar-refractivity contribution in [3.05, 3.63) is 71.3 Å². The molecule has 144 valence electrons. The molecule has 2 N–H and O–H groups in total. The average molecular weight is 369 g/mol. The molecule has 0 spiro atoms. The minimum absolute atomic E-state index is 0.0142. The van der Waals surface area contributed by atoms with Crippen LogP contribution in [0.4, 0.5) is 0 Å². The summed E-state index contributed by atoms with van der Waals surface area (Å²) in [7, 11) is 0. The maximum absolute atomic E-state index is 12.3. The number of hydrogen-bond donors (Lipinski definition) is 2. The lowest BCUT2D eigenvalue weighted by Crippen LogP contribution is -2.37. The average Bonchev–Trinajstić information content (AvgIpc) is 2.68. The minimum Gasteiger partial charge on any atom is -0.466 e. The normalized spacial score (nSPS) is 13.1. The van der Waals surface area contributed by atoms with Gasteiger partial charge in [0.2, 0.25) is 0 Å². The number of hydrogen-bond acceptors (Lipinski definition) is 4. The van der Waals surface area contributed by atoms with Crippen molar-refractivity contribution < 1.29 is 19.4 Å². The van der Waals surface area contributed by atoms with E-state index < -0.39 is 18.0 Å². The Morgan fingerprint density at radius 1 is 1.00 bits per heavy atom. The summed E-state index contributed by atoms with van der Waals surface area (Å²) >= 11 is 0. The number of aliphatic hydroxyl groups is 1. The second-order valence-corrected chi connectivity index (χ2v) is 6.70. The summed E-state index contributed by atoms with van der Waals surface area (Å²) < 4.78 is 5.10. The van der Waals surface area contributed by atoms with Gasteiger partial charge in [-0.1, -0.05) is 56.3 Å². The zero-order valence-corrected chi connectivity index (χ0v) is 16.0. The van der Waals surface area contributed by atoms with Crippen molar-refractivity contribution in [3.8, 4) is 0 Å². The fraction of sp³-hybridized carbons (Fsp3) is 0.364. The molecule has 0 aliphatic carbocycles. The molecule has 0 aliphatic rings. The molecule has 2 atom stereocenters. The highest BCUT2D eigenvalue weighted by Gasteiger charge is 2.30. The van der Waals surface area contributed by atoms with Crippen LogP contribution in [0.1, 0.15) is 54.3 Å². The zero-order chi connectivity index (χ0) is 19.8. The molecule has 0 unspecified atom stereocenters. The monoisotopic (exact) mass is 369 g/mol. The summed E-state index contributed by atoms with van der Waals surface area (Å²) in [6, 6.07) is 16.2. The number of amides is 1. The fourth-order valence-electron chi connectivity index (χ4n) is 2.78. The zero-order valence-electron chi connectivity index (χ0n) is 16.0. The lowest BCUT2D eigenvalue weighted by Gasteiger charge is -2.22. The van der Waals surface area contributed by atoms with Gasteiger partial charge in [0, 0.05) is 12.1 Å². The highest BCUT2D eigenvalue weighted by atomic mass is 16.5. The molecule has 5 nitrogen and oxygen atoms in total. The molecule has 2 rings (SSSR count). The van der Waals surface area contributed by atoms with Gasteiger partial charge >= 0.3 is 5.97 Å². The van der Waals surface area contributed by atoms with Crippen molar-refractivity contribution in [2.75, 3.05) is 13.2 Å². The van der Waals surface area contributed by atoms with Crippen LogP contribution in [-0.2, 0) is 9.53 Å². The first kappa shape index (κ1) is 20.6. The molecule has 2 aromatic rings. The van der Waals surface area contributed by atoms with Gasteiger partial charge in [-0.25, -0.2) is 0 Å². The van der Waals surface area contributed by atoms with Gasteiger partial charge in [-0.2, -0.15) is 0 Å². The Kier molecular flexibility index (Phi) is 7.55. The molecule has 2 aromatic carbocycles. The predicted octanol–water partition coefficient (Wildman–Crippen LogP) is 3.45. The Hall–Kier alpha value is -2.66. The predicted molar refractivity (Wildman–Crippen MR) is 104 cm³/mol. The summed E-state index contributed by atoms with van der Waals surface area (Å²) in [4.78, 5) is 24.6. The maximum atomic E-state index is 12.3. The molecule has 1 amide bonds. The van der Waals surface area contributed by atoms with Crippen LogP contribution in [0.2, 0.25) is 0 Å². The quantitative estimate of drug-likeness (QED) is 0.699. The smallest absolute Gasteiger partial charge is 0.313 e. The molecule has 0 aliphatic heterocycles. The highest BCUT2D eigenvalue weighted by Crippen LogP contribution is 2.25. The van der Waals surface area contributed by atoms with Gasteiger partial charge in [0.05, 0.1) is 12.7 Å². The molecule has 0 radical (unpaired) electrons. The van der Waals surface area contributed by atoms with Crippen molar-refractivity contribution in [2.45, 2.75) is 32.8 Å². The van der Waals surface area contributed by atoms with Gasteiger partial charge < -0.3 is 15.2 Å². The molecular weight excluding hydrogens is 342 g/mol. The van der Waals surface area contributed by atoms with E-state index in [-0.39, 0.29) is 19.1 Å². The fourth-order valence-corrected chi connectivity index (χ4v) is 2.78. The molecule has 0 fully saturated rings. The number of ether oxygens (including phenoxy) is 1. The molecule has 0 aromatic heterocycles. The standard InChI is InChI=1S/C22H27NO4/c1-4-27-22(26)19(14-23-21(25)18-8-6-5-7-9-18)20(24)17-12-10-16(11-13-17)15(2)3/h5-13,15,19-20,24H,4,14H2,1-3H3,(H,23,25)/t19-,20-/m1/s1. The summed E-state index contributed by atoms with van der Waals surface area (Å²) in [5.74, 6) is -1.34. The van der Waals surface area contributed by atoms with Gasteiger partial charge in [-0.05, 0) is 36.1 Å². The Bertz CT molecular complexity index is 741. The van der Waals surface area contributed by atoms with Crippen molar-refractivity contribution >= 4 is 11.9 Å². The molecule has 0 heterocycles. The lowest BCUT2D eigenvalue weighted by atomic mass is 9.93. The van der Waals surface area contributed by atoms with E-state index in [1.807, 2.05) is 30.3 Å². The number of esters is 1. The van der Waals surface area contributed by atoms with Crippen molar-refractivity contribution in [1.82, 2.24) is 5.32 Å². The second kappa shape index (κ2) is 9.88. The number of carbonyl (C=O) groups excluding carboxylic acids is 2. The van der Waals surface area contributed by atoms with E-state index in [9.17, 15) is 14.7 Å². The Morgan fingerprint density at radius 2 is 1.59 bits per heavy atom. The van der Waals surface area contributed by atoms with E-state index in [4.69, 9.17) is 4.74 Å². The SMILES string of the molecule is CCOC(=O)[C@H](CNC(=O)c1ccccc1)[C@H](O)c1ccc(C(C)C)cc1. The number of nitrogens with one attached hydrogen (secondary N) is 1. The lowest BCUT2D eigenvalue weighted by molar-refractivity contribution is -0.151. The van der Waals surface area contributed by atoms with E-state index in [2.05, 4.69) is 19.2 Å². The number of rotatable bonds is 8. The van der Waals surface area contributed by atoms with Crippen LogP contribution in [0, 0.1) is 5.92 Å². The van der Waals surface area contributed by atoms with Crippen LogP contribution in [0.25, 0.3) is 0 Å². The van der Waals surface area contributed by atoms with E-state index in [1.54, 1.807) is 31.2 Å².